The molecule has 2 aromatic carbocycles. The zero-order valence-electron chi connectivity index (χ0n) is 29.6. The molecule has 18 heteroatoms. The van der Waals surface area contributed by atoms with Gasteiger partial charge in [0.15, 0.2) is 11.6 Å². The molecule has 290 valence electrons. The van der Waals surface area contributed by atoms with E-state index in [0.29, 0.717) is 17.8 Å². The standard InChI is InChI=1S/C18H20F2N4O.C13H10F3N3O2.C5H9F2N/c1-13-9-14(2)11-15(10-13)17-21-12-24(22-17)6-3-16(25)23-7-4-18(19,20)5-8-23;1-8-4-9(6-10(5-8)13(14,15)16)12-17-7-19(18-12)3-2-11(20)21;6-5(7)2-1-3-8-4-5/h3,6,9-12H,4-5,7-8H2,1-2H3;2-7H,1H3,(H,20,21);8H,1-4H2/b6-3-;3-2-;. The Labute approximate surface area is 306 Å². The molecule has 4 aromatic rings. The number of benzene rings is 2. The van der Waals surface area contributed by atoms with E-state index in [1.807, 2.05) is 26.0 Å². The summed E-state index contributed by atoms with van der Waals surface area (Å²) in [5, 5.41) is 19.3. The minimum absolute atomic E-state index is 0.0556. The predicted octanol–water partition coefficient (Wildman–Crippen LogP) is 7.12. The number of carbonyl (C=O) groups is 2. The van der Waals surface area contributed by atoms with Gasteiger partial charge in [0.25, 0.3) is 11.8 Å². The van der Waals surface area contributed by atoms with Gasteiger partial charge in [-0.15, -0.1) is 10.2 Å². The number of carboxylic acid groups (broad SMARTS) is 1. The monoisotopic (exact) mass is 764 g/mol. The number of carboxylic acids is 1. The number of aryl methyl sites for hydroxylation is 3. The number of hydrogen-bond acceptors (Lipinski definition) is 7. The van der Waals surface area contributed by atoms with Crippen LogP contribution in [0.4, 0.5) is 30.7 Å². The molecule has 2 aliphatic heterocycles. The van der Waals surface area contributed by atoms with Crippen molar-refractivity contribution in [3.05, 3.63) is 83.5 Å². The second-order valence-electron chi connectivity index (χ2n) is 12.8. The lowest BCUT2D eigenvalue weighted by Crippen LogP contribution is -2.42. The summed E-state index contributed by atoms with van der Waals surface area (Å²) in [6.45, 7) is 6.31. The van der Waals surface area contributed by atoms with E-state index >= 15 is 0 Å². The van der Waals surface area contributed by atoms with Crippen LogP contribution in [-0.2, 0) is 15.8 Å². The van der Waals surface area contributed by atoms with Crippen molar-refractivity contribution in [1.82, 2.24) is 39.7 Å². The third-order valence-corrected chi connectivity index (χ3v) is 7.99. The number of aromatic nitrogens is 6. The highest BCUT2D eigenvalue weighted by Crippen LogP contribution is 2.32. The van der Waals surface area contributed by atoms with Crippen LogP contribution in [0.3, 0.4) is 0 Å². The van der Waals surface area contributed by atoms with Crippen molar-refractivity contribution in [1.29, 1.82) is 0 Å². The third-order valence-electron chi connectivity index (χ3n) is 7.99. The van der Waals surface area contributed by atoms with Gasteiger partial charge in [0.2, 0.25) is 5.91 Å². The van der Waals surface area contributed by atoms with Crippen LogP contribution in [0.25, 0.3) is 35.2 Å². The number of aliphatic carboxylic acids is 1. The molecule has 0 radical (unpaired) electrons. The number of rotatable bonds is 6. The highest BCUT2D eigenvalue weighted by molar-refractivity contribution is 5.90. The maximum absolute atomic E-state index is 13.1. The lowest BCUT2D eigenvalue weighted by Gasteiger charge is -2.30. The molecule has 2 aliphatic rings. The molecule has 2 N–H and O–H groups in total. The lowest BCUT2D eigenvalue weighted by atomic mass is 10.1. The Kier molecular flexibility index (Phi) is 13.5. The van der Waals surface area contributed by atoms with Crippen LogP contribution < -0.4 is 5.32 Å². The summed E-state index contributed by atoms with van der Waals surface area (Å²) in [4.78, 5) is 32.0. The van der Waals surface area contributed by atoms with Gasteiger partial charge in [0, 0.05) is 68.0 Å². The molecule has 6 rings (SSSR count). The number of nitrogens with one attached hydrogen (secondary N) is 1. The molecule has 4 heterocycles. The molecule has 11 nitrogen and oxygen atoms in total. The normalized spacial score (nSPS) is 16.7. The summed E-state index contributed by atoms with van der Waals surface area (Å²) >= 11 is 0. The topological polar surface area (TPSA) is 131 Å². The van der Waals surface area contributed by atoms with Crippen LogP contribution in [0.2, 0.25) is 0 Å². The minimum Gasteiger partial charge on any atom is -0.478 e. The number of carbonyl (C=O) groups excluding carboxylic acids is 1. The molecule has 2 aromatic heterocycles. The van der Waals surface area contributed by atoms with E-state index in [9.17, 15) is 40.3 Å². The quantitative estimate of drug-likeness (QED) is 0.157. The molecular formula is C36H39F7N8O3. The third kappa shape index (κ3) is 12.9. The van der Waals surface area contributed by atoms with Crippen LogP contribution in [0.1, 0.15) is 47.9 Å². The van der Waals surface area contributed by atoms with Crippen molar-refractivity contribution in [2.75, 3.05) is 26.2 Å². The van der Waals surface area contributed by atoms with Crippen molar-refractivity contribution >= 4 is 24.3 Å². The SMILES string of the molecule is Cc1cc(-c2ncn(/C=C\C(=O)O)n2)cc(C(F)(F)F)c1.Cc1cc(C)cc(-c2ncn(/C=C\C(=O)N3CCC(F)(F)CC3)n2)c1.FC1(F)CCCNC1. The van der Waals surface area contributed by atoms with Crippen LogP contribution >= 0.6 is 0 Å². The van der Waals surface area contributed by atoms with Gasteiger partial charge in [-0.3, -0.25) is 4.79 Å². The molecular weight excluding hydrogens is 725 g/mol. The Morgan fingerprint density at radius 2 is 1.28 bits per heavy atom. The van der Waals surface area contributed by atoms with Crippen LogP contribution in [0.5, 0.6) is 0 Å². The van der Waals surface area contributed by atoms with Gasteiger partial charge in [0.05, 0.1) is 12.1 Å². The number of alkyl halides is 7. The molecule has 0 bridgehead atoms. The zero-order valence-corrected chi connectivity index (χ0v) is 29.6. The number of likely N-dealkylation sites (tertiary alicyclic amines) is 1. The highest BCUT2D eigenvalue weighted by Gasteiger charge is 2.35. The van der Waals surface area contributed by atoms with Gasteiger partial charge in [-0.2, -0.15) is 13.2 Å². The van der Waals surface area contributed by atoms with E-state index in [1.54, 1.807) is 6.92 Å². The molecule has 54 heavy (non-hydrogen) atoms. The predicted molar refractivity (Wildman–Crippen MR) is 186 cm³/mol. The minimum atomic E-state index is -4.45. The van der Waals surface area contributed by atoms with Gasteiger partial charge in [-0.1, -0.05) is 17.2 Å². The average molecular weight is 765 g/mol. The van der Waals surface area contributed by atoms with Gasteiger partial charge in [0.1, 0.15) is 12.7 Å². The molecule has 0 unspecified atom stereocenters. The van der Waals surface area contributed by atoms with Crippen molar-refractivity contribution in [2.24, 2.45) is 0 Å². The highest BCUT2D eigenvalue weighted by atomic mass is 19.4. The number of nitrogens with zero attached hydrogens (tertiary/aromatic N) is 7. The molecule has 2 saturated heterocycles. The van der Waals surface area contributed by atoms with Gasteiger partial charge in [-0.25, -0.2) is 41.7 Å². The smallest absolute Gasteiger partial charge is 0.416 e. The molecule has 0 atom stereocenters. The fraction of sp³-hybridized carbons (Fsp3) is 0.389. The van der Waals surface area contributed by atoms with E-state index in [4.69, 9.17) is 5.11 Å². The first-order valence-electron chi connectivity index (χ1n) is 16.7. The summed E-state index contributed by atoms with van der Waals surface area (Å²) in [5.74, 6) is -5.90. The Morgan fingerprint density at radius 3 is 1.74 bits per heavy atom. The summed E-state index contributed by atoms with van der Waals surface area (Å²) < 4.78 is 91.4. The van der Waals surface area contributed by atoms with E-state index in [0.717, 1.165) is 52.3 Å². The lowest BCUT2D eigenvalue weighted by molar-refractivity contribution is -0.137. The van der Waals surface area contributed by atoms with Crippen molar-refractivity contribution in [3.8, 4) is 22.8 Å². The van der Waals surface area contributed by atoms with E-state index in [-0.39, 0.29) is 56.2 Å². The van der Waals surface area contributed by atoms with Gasteiger partial charge < -0.3 is 15.3 Å². The van der Waals surface area contributed by atoms with Crippen molar-refractivity contribution in [2.45, 2.75) is 64.5 Å². The number of halogens is 7. The zero-order chi connectivity index (χ0) is 39.7. The first kappa shape index (κ1) is 41.4. The number of piperidine rings is 2. The molecule has 1 amide bonds. The Balaban J connectivity index is 0.000000202. The van der Waals surface area contributed by atoms with Gasteiger partial charge in [-0.05, 0) is 69.6 Å². The molecule has 0 saturated carbocycles. The number of amides is 1. The average Bonchev–Trinajstić information content (AvgIpc) is 3.76. The maximum atomic E-state index is 13.1. The summed E-state index contributed by atoms with van der Waals surface area (Å²) in [6.07, 6.45) is 3.18. The summed E-state index contributed by atoms with van der Waals surface area (Å²) in [7, 11) is 0. The van der Waals surface area contributed by atoms with E-state index in [1.165, 1.54) is 40.6 Å². The first-order chi connectivity index (χ1) is 25.3. The molecule has 0 spiro atoms. The maximum Gasteiger partial charge on any atom is 0.416 e. The van der Waals surface area contributed by atoms with Crippen LogP contribution in [0.15, 0.2) is 61.2 Å². The van der Waals surface area contributed by atoms with E-state index < -0.39 is 29.6 Å². The Morgan fingerprint density at radius 1 is 0.759 bits per heavy atom. The first-order valence-corrected chi connectivity index (χ1v) is 16.7. The fourth-order valence-electron chi connectivity index (χ4n) is 5.41. The Bertz CT molecular complexity index is 1930. The number of hydrogen-bond donors (Lipinski definition) is 2. The van der Waals surface area contributed by atoms with Crippen molar-refractivity contribution < 1.29 is 45.4 Å². The van der Waals surface area contributed by atoms with Crippen LogP contribution in [0, 0.1) is 20.8 Å². The van der Waals surface area contributed by atoms with Crippen molar-refractivity contribution in [3.63, 3.8) is 0 Å². The fourth-order valence-corrected chi connectivity index (χ4v) is 5.41. The summed E-state index contributed by atoms with van der Waals surface area (Å²) in [5.41, 5.74) is 3.02. The van der Waals surface area contributed by atoms with E-state index in [2.05, 4.69) is 31.5 Å². The largest absolute Gasteiger partial charge is 0.478 e. The second kappa shape index (κ2) is 17.6. The molecule has 2 fully saturated rings. The Hall–Kier alpha value is -5.39. The summed E-state index contributed by atoms with van der Waals surface area (Å²) in [6, 6.07) is 9.57. The molecule has 0 aliphatic carbocycles. The second-order valence-corrected chi connectivity index (χ2v) is 12.8. The van der Waals surface area contributed by atoms with Crippen LogP contribution in [-0.4, -0.2) is 89.4 Å². The van der Waals surface area contributed by atoms with Gasteiger partial charge >= 0.3 is 12.1 Å².